The molecule has 2 rings (SSSR count). The number of hydrogen-bond acceptors (Lipinski definition) is 4. The van der Waals surface area contributed by atoms with Gasteiger partial charge < -0.3 is 4.74 Å². The molecule has 0 aliphatic carbocycles. The number of rotatable bonds is 4. The third kappa shape index (κ3) is 3.45. The van der Waals surface area contributed by atoms with E-state index in [9.17, 15) is 8.42 Å². The molecule has 0 saturated carbocycles. The van der Waals surface area contributed by atoms with Crippen molar-refractivity contribution in [2.45, 2.75) is 17.9 Å². The Morgan fingerprint density at radius 1 is 1.16 bits per heavy atom. The average molecular weight is 298 g/mol. The fourth-order valence-corrected chi connectivity index (χ4v) is 2.51. The number of aromatic nitrogens is 1. The Morgan fingerprint density at radius 3 is 2.47 bits per heavy atom. The lowest BCUT2D eigenvalue weighted by Crippen LogP contribution is -2.07. The van der Waals surface area contributed by atoms with Crippen molar-refractivity contribution in [1.29, 1.82) is 0 Å². The van der Waals surface area contributed by atoms with Crippen LogP contribution in [0.5, 0.6) is 5.88 Å². The van der Waals surface area contributed by atoms with Crippen LogP contribution in [-0.2, 0) is 9.05 Å². The number of hydrogen-bond donors (Lipinski definition) is 0. The van der Waals surface area contributed by atoms with Gasteiger partial charge in [-0.25, -0.2) is 13.4 Å². The molecule has 0 radical (unpaired) electrons. The molecule has 19 heavy (non-hydrogen) atoms. The molecule has 4 nitrogen and oxygen atoms in total. The molecular formula is C13H12ClNO3S. The fourth-order valence-electron chi connectivity index (χ4n) is 1.61. The minimum Gasteiger partial charge on any atom is -0.469 e. The van der Waals surface area contributed by atoms with Gasteiger partial charge in [-0.15, -0.1) is 0 Å². The van der Waals surface area contributed by atoms with Gasteiger partial charge >= 0.3 is 0 Å². The molecule has 1 heterocycles. The van der Waals surface area contributed by atoms with Crippen molar-refractivity contribution in [2.75, 3.05) is 0 Å². The van der Waals surface area contributed by atoms with Crippen molar-refractivity contribution in [1.82, 2.24) is 4.98 Å². The standard InChI is InChI=1S/C13H12ClNO3S/c1-10(11-6-3-2-4-7-11)18-13-12(19(14,16)17)8-5-9-15-13/h2-10H,1H3. The van der Waals surface area contributed by atoms with E-state index in [1.165, 1.54) is 18.3 Å². The molecule has 0 amide bonds. The first-order valence-corrected chi connectivity index (χ1v) is 7.90. The van der Waals surface area contributed by atoms with Gasteiger partial charge in [0.1, 0.15) is 11.0 Å². The minimum absolute atomic E-state index is 0.00820. The zero-order valence-electron chi connectivity index (χ0n) is 10.2. The summed E-state index contributed by atoms with van der Waals surface area (Å²) in [5, 5.41) is 0. The first-order chi connectivity index (χ1) is 8.98. The number of halogens is 1. The molecule has 0 fully saturated rings. The predicted molar refractivity (Wildman–Crippen MR) is 72.8 cm³/mol. The van der Waals surface area contributed by atoms with Gasteiger partial charge in [-0.05, 0) is 24.6 Å². The van der Waals surface area contributed by atoms with Crippen molar-refractivity contribution < 1.29 is 13.2 Å². The molecule has 0 spiro atoms. The van der Waals surface area contributed by atoms with Gasteiger partial charge in [0.25, 0.3) is 9.05 Å². The molecule has 100 valence electrons. The van der Waals surface area contributed by atoms with E-state index in [0.717, 1.165) is 5.56 Å². The van der Waals surface area contributed by atoms with Crippen LogP contribution in [0.2, 0.25) is 0 Å². The summed E-state index contributed by atoms with van der Waals surface area (Å²) in [7, 11) is 1.47. The van der Waals surface area contributed by atoms with Gasteiger partial charge in [0.05, 0.1) is 0 Å². The van der Waals surface area contributed by atoms with Gasteiger partial charge in [-0.3, -0.25) is 0 Å². The second kappa shape index (κ2) is 5.59. The molecule has 1 atom stereocenters. The Balaban J connectivity index is 2.30. The first kappa shape index (κ1) is 13.8. The maximum atomic E-state index is 11.4. The SMILES string of the molecule is CC(Oc1ncccc1S(=O)(=O)Cl)c1ccccc1. The molecular weight excluding hydrogens is 286 g/mol. The lowest BCUT2D eigenvalue weighted by molar-refractivity contribution is 0.211. The minimum atomic E-state index is -3.88. The van der Waals surface area contributed by atoms with Crippen molar-refractivity contribution in [3.05, 3.63) is 54.2 Å². The second-order valence-electron chi connectivity index (χ2n) is 3.92. The van der Waals surface area contributed by atoms with Crippen LogP contribution >= 0.6 is 10.7 Å². The molecule has 1 aromatic heterocycles. The van der Waals surface area contributed by atoms with Crippen molar-refractivity contribution in [2.24, 2.45) is 0 Å². The van der Waals surface area contributed by atoms with Gasteiger partial charge in [-0.1, -0.05) is 30.3 Å². The molecule has 0 aliphatic rings. The highest BCUT2D eigenvalue weighted by Crippen LogP contribution is 2.28. The molecule has 0 N–H and O–H groups in total. The van der Waals surface area contributed by atoms with Crippen LogP contribution in [0.4, 0.5) is 0 Å². The Kier molecular flexibility index (Phi) is 4.07. The molecule has 0 aliphatic heterocycles. The Labute approximate surface area is 116 Å². The van der Waals surface area contributed by atoms with Crippen LogP contribution in [0.3, 0.4) is 0 Å². The van der Waals surface area contributed by atoms with E-state index in [-0.39, 0.29) is 16.9 Å². The highest BCUT2D eigenvalue weighted by molar-refractivity contribution is 8.13. The van der Waals surface area contributed by atoms with E-state index >= 15 is 0 Å². The zero-order chi connectivity index (χ0) is 13.9. The van der Waals surface area contributed by atoms with Crippen LogP contribution < -0.4 is 4.74 Å². The van der Waals surface area contributed by atoms with Crippen molar-refractivity contribution in [3.8, 4) is 5.88 Å². The Bertz CT molecular complexity index is 659. The van der Waals surface area contributed by atoms with Gasteiger partial charge in [0.2, 0.25) is 5.88 Å². The van der Waals surface area contributed by atoms with Gasteiger partial charge in [-0.2, -0.15) is 0 Å². The summed E-state index contributed by atoms with van der Waals surface area (Å²) in [6.45, 7) is 1.81. The summed E-state index contributed by atoms with van der Waals surface area (Å²) in [4.78, 5) is 3.80. The lowest BCUT2D eigenvalue weighted by atomic mass is 10.1. The number of ether oxygens (including phenoxy) is 1. The monoisotopic (exact) mass is 297 g/mol. The normalized spacial score (nSPS) is 12.9. The first-order valence-electron chi connectivity index (χ1n) is 5.60. The molecule has 0 saturated heterocycles. The summed E-state index contributed by atoms with van der Waals surface area (Å²) in [6, 6.07) is 12.3. The summed E-state index contributed by atoms with van der Waals surface area (Å²) in [6.07, 6.45) is 1.13. The Hall–Kier alpha value is -1.59. The van der Waals surface area contributed by atoms with E-state index in [1.54, 1.807) is 0 Å². The predicted octanol–water partition coefficient (Wildman–Crippen LogP) is 3.15. The molecule has 1 unspecified atom stereocenters. The fraction of sp³-hybridized carbons (Fsp3) is 0.154. The molecule has 2 aromatic rings. The van der Waals surface area contributed by atoms with Crippen molar-refractivity contribution >= 4 is 19.7 Å². The number of benzene rings is 1. The molecule has 6 heteroatoms. The Morgan fingerprint density at radius 2 is 1.84 bits per heavy atom. The highest BCUT2D eigenvalue weighted by Gasteiger charge is 2.19. The third-order valence-corrected chi connectivity index (χ3v) is 3.89. The summed E-state index contributed by atoms with van der Waals surface area (Å²) in [5.41, 5.74) is 0.922. The van der Waals surface area contributed by atoms with Crippen LogP contribution in [0.1, 0.15) is 18.6 Å². The van der Waals surface area contributed by atoms with Crippen LogP contribution in [0.25, 0.3) is 0 Å². The van der Waals surface area contributed by atoms with E-state index in [0.29, 0.717) is 0 Å². The maximum Gasteiger partial charge on any atom is 0.266 e. The van der Waals surface area contributed by atoms with E-state index < -0.39 is 9.05 Å². The lowest BCUT2D eigenvalue weighted by Gasteiger charge is -2.15. The number of pyridine rings is 1. The van der Waals surface area contributed by atoms with Gasteiger partial charge in [0.15, 0.2) is 0 Å². The molecule has 0 bridgehead atoms. The van der Waals surface area contributed by atoms with Crippen LogP contribution in [0, 0.1) is 0 Å². The van der Waals surface area contributed by atoms with E-state index in [1.807, 2.05) is 37.3 Å². The quantitative estimate of drug-likeness (QED) is 0.814. The number of nitrogens with zero attached hydrogens (tertiary/aromatic N) is 1. The highest BCUT2D eigenvalue weighted by atomic mass is 35.7. The van der Waals surface area contributed by atoms with Crippen LogP contribution in [0.15, 0.2) is 53.6 Å². The van der Waals surface area contributed by atoms with Crippen LogP contribution in [-0.4, -0.2) is 13.4 Å². The third-order valence-electron chi connectivity index (χ3n) is 2.56. The summed E-state index contributed by atoms with van der Waals surface area (Å²) >= 11 is 0. The average Bonchev–Trinajstić information content (AvgIpc) is 2.39. The largest absolute Gasteiger partial charge is 0.469 e. The summed E-state index contributed by atoms with van der Waals surface area (Å²) < 4.78 is 28.4. The summed E-state index contributed by atoms with van der Waals surface area (Å²) in [5.74, 6) is 0.00820. The smallest absolute Gasteiger partial charge is 0.266 e. The maximum absolute atomic E-state index is 11.4. The van der Waals surface area contributed by atoms with Crippen molar-refractivity contribution in [3.63, 3.8) is 0 Å². The zero-order valence-corrected chi connectivity index (χ0v) is 11.7. The second-order valence-corrected chi connectivity index (χ2v) is 6.45. The van der Waals surface area contributed by atoms with Gasteiger partial charge in [0, 0.05) is 16.9 Å². The topological polar surface area (TPSA) is 56.3 Å². The van der Waals surface area contributed by atoms with E-state index in [2.05, 4.69) is 4.98 Å². The molecule has 1 aromatic carbocycles. The van der Waals surface area contributed by atoms with E-state index in [4.69, 9.17) is 15.4 Å².